The number of aliphatic hydroxyl groups excluding tert-OH is 2. The topological polar surface area (TPSA) is 40.5 Å². The summed E-state index contributed by atoms with van der Waals surface area (Å²) >= 11 is 0. The predicted molar refractivity (Wildman–Crippen MR) is 122 cm³/mol. The molecule has 3 saturated carbocycles. The van der Waals surface area contributed by atoms with Gasteiger partial charge < -0.3 is 10.2 Å². The van der Waals surface area contributed by atoms with E-state index in [1.54, 1.807) is 5.57 Å². The van der Waals surface area contributed by atoms with Crippen LogP contribution in [0.1, 0.15) is 91.9 Å². The first-order chi connectivity index (χ1) is 13.7. The van der Waals surface area contributed by atoms with Gasteiger partial charge in [0, 0.05) is 12.8 Å². The lowest BCUT2D eigenvalue weighted by Crippen LogP contribution is -2.36. The Bertz CT molecular complexity index is 643. The molecule has 3 fully saturated rings. The fourth-order valence-corrected chi connectivity index (χ4v) is 6.57. The lowest BCUT2D eigenvalue weighted by Gasteiger charge is -2.44. The SMILES string of the molecule is C=C1CC(O)[C](O)C/C1=C/C=C1\CCC[C@]2(C)[C@@H]([C@H](C)CCCC(C)C)CC[C@@H]12. The second kappa shape index (κ2) is 9.52. The van der Waals surface area contributed by atoms with Crippen molar-refractivity contribution in [2.24, 2.45) is 29.1 Å². The maximum atomic E-state index is 9.96. The molecule has 3 rings (SSSR count). The van der Waals surface area contributed by atoms with E-state index >= 15 is 0 Å². The van der Waals surface area contributed by atoms with E-state index < -0.39 is 6.10 Å². The zero-order chi connectivity index (χ0) is 21.2. The minimum Gasteiger partial charge on any atom is -0.390 e. The Labute approximate surface area is 179 Å². The predicted octanol–water partition coefficient (Wildman–Crippen LogP) is 7.13. The largest absolute Gasteiger partial charge is 0.390 e. The van der Waals surface area contributed by atoms with Gasteiger partial charge in [-0.25, -0.2) is 0 Å². The smallest absolute Gasteiger partial charge is 0.126 e. The molecular weight excluding hydrogens is 356 g/mol. The van der Waals surface area contributed by atoms with Crippen molar-refractivity contribution in [3.63, 3.8) is 0 Å². The highest BCUT2D eigenvalue weighted by Gasteiger charge is 2.50. The first kappa shape index (κ1) is 22.8. The summed E-state index contributed by atoms with van der Waals surface area (Å²) in [5, 5.41) is 19.8. The van der Waals surface area contributed by atoms with Crippen molar-refractivity contribution in [2.75, 3.05) is 0 Å². The molecule has 2 nitrogen and oxygen atoms in total. The third kappa shape index (κ3) is 5.07. The Balaban J connectivity index is 1.70. The Morgan fingerprint density at radius 1 is 1.17 bits per heavy atom. The maximum absolute atomic E-state index is 9.96. The monoisotopic (exact) mass is 399 g/mol. The van der Waals surface area contributed by atoms with E-state index in [4.69, 9.17) is 0 Å². The van der Waals surface area contributed by atoms with E-state index in [-0.39, 0.29) is 6.10 Å². The molecule has 0 aromatic carbocycles. The minimum atomic E-state index is -0.738. The van der Waals surface area contributed by atoms with Crippen LogP contribution >= 0.6 is 0 Å². The summed E-state index contributed by atoms with van der Waals surface area (Å²) in [5.41, 5.74) is 4.12. The Morgan fingerprint density at radius 3 is 2.66 bits per heavy atom. The number of allylic oxidation sites excluding steroid dienone is 3. The molecule has 0 spiro atoms. The molecule has 0 saturated heterocycles. The maximum Gasteiger partial charge on any atom is 0.126 e. The quantitative estimate of drug-likeness (QED) is 0.498. The van der Waals surface area contributed by atoms with Crippen molar-refractivity contribution in [2.45, 2.75) is 98.0 Å². The highest BCUT2D eigenvalue weighted by atomic mass is 16.3. The average Bonchev–Trinajstić information content (AvgIpc) is 3.01. The summed E-state index contributed by atoms with van der Waals surface area (Å²) < 4.78 is 0. The summed E-state index contributed by atoms with van der Waals surface area (Å²) in [6.45, 7) is 13.9. The molecule has 0 heterocycles. The van der Waals surface area contributed by atoms with Crippen LogP contribution in [0.25, 0.3) is 0 Å². The van der Waals surface area contributed by atoms with E-state index in [1.807, 2.05) is 0 Å². The van der Waals surface area contributed by atoms with Crippen molar-refractivity contribution < 1.29 is 10.2 Å². The van der Waals surface area contributed by atoms with E-state index in [0.29, 0.717) is 24.2 Å². The van der Waals surface area contributed by atoms with Crippen molar-refractivity contribution in [3.8, 4) is 0 Å². The van der Waals surface area contributed by atoms with Gasteiger partial charge >= 0.3 is 0 Å². The number of aliphatic hydroxyl groups is 2. The minimum absolute atomic E-state index is 0.187. The van der Waals surface area contributed by atoms with Gasteiger partial charge in [0.25, 0.3) is 0 Å². The molecule has 0 amide bonds. The van der Waals surface area contributed by atoms with E-state index in [2.05, 4.69) is 46.4 Å². The van der Waals surface area contributed by atoms with Crippen LogP contribution in [0.3, 0.4) is 0 Å². The van der Waals surface area contributed by atoms with Gasteiger partial charge in [-0.2, -0.15) is 0 Å². The molecule has 29 heavy (non-hydrogen) atoms. The van der Waals surface area contributed by atoms with Crippen LogP contribution in [-0.2, 0) is 0 Å². The van der Waals surface area contributed by atoms with Gasteiger partial charge in [-0.1, -0.05) is 71.3 Å². The highest BCUT2D eigenvalue weighted by Crippen LogP contribution is 2.60. The van der Waals surface area contributed by atoms with Crippen LogP contribution in [0.2, 0.25) is 0 Å². The van der Waals surface area contributed by atoms with E-state index in [0.717, 1.165) is 28.9 Å². The van der Waals surface area contributed by atoms with Gasteiger partial charge in [0.05, 0.1) is 6.10 Å². The zero-order valence-corrected chi connectivity index (χ0v) is 19.2. The first-order valence-corrected chi connectivity index (χ1v) is 12.0. The fourth-order valence-electron chi connectivity index (χ4n) is 6.57. The Kier molecular flexibility index (Phi) is 7.49. The zero-order valence-electron chi connectivity index (χ0n) is 19.2. The summed E-state index contributed by atoms with van der Waals surface area (Å²) in [7, 11) is 0. The molecular formula is C27H43O2. The highest BCUT2D eigenvalue weighted by molar-refractivity contribution is 5.39. The molecule has 163 valence electrons. The molecule has 2 heteroatoms. The molecule has 0 aromatic heterocycles. The standard InChI is InChI=1S/C27H43O2/c1-18(2)8-6-9-19(3)23-13-14-24-21(10-7-15-27(23,24)5)11-12-22-17-26(29)25(28)16-20(22)4/h11-12,18-19,23-25,28-29H,4,6-10,13-17H2,1-3,5H3/b21-11+,22-12-/t19-,23-,24+,25?,27-/m1/s1. The lowest BCUT2D eigenvalue weighted by atomic mass is 9.60. The summed E-state index contributed by atoms with van der Waals surface area (Å²) in [5.74, 6) is 3.21. The Hall–Kier alpha value is -0.860. The van der Waals surface area contributed by atoms with Crippen LogP contribution < -0.4 is 0 Å². The lowest BCUT2D eigenvalue weighted by molar-refractivity contribution is 0.0892. The number of rotatable bonds is 6. The molecule has 0 bridgehead atoms. The normalized spacial score (nSPS) is 37.5. The van der Waals surface area contributed by atoms with Gasteiger partial charge in [-0.05, 0) is 72.3 Å². The van der Waals surface area contributed by atoms with Gasteiger partial charge in [0.15, 0.2) is 0 Å². The molecule has 3 aliphatic carbocycles. The van der Waals surface area contributed by atoms with Crippen molar-refractivity contribution in [1.82, 2.24) is 0 Å². The molecule has 1 radical (unpaired) electrons. The molecule has 5 atom stereocenters. The first-order valence-electron chi connectivity index (χ1n) is 12.0. The summed E-state index contributed by atoms with van der Waals surface area (Å²) in [4.78, 5) is 0. The molecule has 2 N–H and O–H groups in total. The third-order valence-corrected chi connectivity index (χ3v) is 8.31. The van der Waals surface area contributed by atoms with Crippen LogP contribution in [-0.4, -0.2) is 16.3 Å². The van der Waals surface area contributed by atoms with Crippen molar-refractivity contribution in [3.05, 3.63) is 41.6 Å². The fraction of sp³-hybridized carbons (Fsp3) is 0.741. The Morgan fingerprint density at radius 2 is 1.93 bits per heavy atom. The second-order valence-corrected chi connectivity index (χ2v) is 10.8. The van der Waals surface area contributed by atoms with Gasteiger partial charge in [0.2, 0.25) is 0 Å². The van der Waals surface area contributed by atoms with Gasteiger partial charge in [-0.15, -0.1) is 0 Å². The molecule has 0 aliphatic heterocycles. The van der Waals surface area contributed by atoms with Crippen LogP contribution in [0.15, 0.2) is 35.5 Å². The van der Waals surface area contributed by atoms with Crippen molar-refractivity contribution >= 4 is 0 Å². The number of hydrogen-bond acceptors (Lipinski definition) is 2. The van der Waals surface area contributed by atoms with E-state index in [1.165, 1.54) is 51.4 Å². The van der Waals surface area contributed by atoms with Crippen molar-refractivity contribution in [1.29, 1.82) is 0 Å². The molecule has 1 unspecified atom stereocenters. The van der Waals surface area contributed by atoms with Crippen LogP contribution in [0.5, 0.6) is 0 Å². The van der Waals surface area contributed by atoms with Crippen LogP contribution in [0, 0.1) is 35.2 Å². The van der Waals surface area contributed by atoms with Gasteiger partial charge in [0.1, 0.15) is 6.10 Å². The summed E-state index contributed by atoms with van der Waals surface area (Å²) in [6.07, 6.45) is 15.6. The summed E-state index contributed by atoms with van der Waals surface area (Å²) in [6, 6.07) is 0. The van der Waals surface area contributed by atoms with E-state index in [9.17, 15) is 10.2 Å². The molecule has 3 aliphatic rings. The third-order valence-electron chi connectivity index (χ3n) is 8.31. The average molecular weight is 400 g/mol. The number of fused-ring (bicyclic) bond motifs is 1. The molecule has 0 aromatic rings. The van der Waals surface area contributed by atoms with Crippen LogP contribution in [0.4, 0.5) is 0 Å². The van der Waals surface area contributed by atoms with Gasteiger partial charge in [-0.3, -0.25) is 0 Å². The second-order valence-electron chi connectivity index (χ2n) is 10.8. The number of hydrogen-bond donors (Lipinski definition) is 2.